The maximum absolute atomic E-state index is 5.65. The van der Waals surface area contributed by atoms with Crippen LogP contribution in [-0.2, 0) is 24.2 Å². The molecule has 1 N–H and O–H groups in total. The molecule has 0 atom stereocenters. The van der Waals surface area contributed by atoms with Crippen molar-refractivity contribution in [2.45, 2.75) is 32.4 Å². The second kappa shape index (κ2) is 7.83. The lowest BCUT2D eigenvalue weighted by Gasteiger charge is -2.42. The molecule has 2 aliphatic rings. The van der Waals surface area contributed by atoms with Gasteiger partial charge in [0.05, 0.1) is 6.54 Å². The highest BCUT2D eigenvalue weighted by molar-refractivity contribution is 6.02. The third-order valence-corrected chi connectivity index (χ3v) is 5.69. The predicted octanol–water partition coefficient (Wildman–Crippen LogP) is 4.11. The number of rotatable bonds is 4. The van der Waals surface area contributed by atoms with Gasteiger partial charge in [0.15, 0.2) is 0 Å². The molecule has 0 aliphatic carbocycles. The summed E-state index contributed by atoms with van der Waals surface area (Å²) in [5.41, 5.74) is 5.29. The fourth-order valence-electron chi connectivity index (χ4n) is 4.17. The van der Waals surface area contributed by atoms with E-state index in [1.165, 1.54) is 22.4 Å². The summed E-state index contributed by atoms with van der Waals surface area (Å²) in [6, 6.07) is 17.5. The van der Waals surface area contributed by atoms with E-state index >= 15 is 0 Å². The van der Waals surface area contributed by atoms with Gasteiger partial charge in [-0.15, -0.1) is 0 Å². The molecule has 1 saturated heterocycles. The van der Waals surface area contributed by atoms with Crippen molar-refractivity contribution in [3.8, 4) is 0 Å². The molecule has 142 valence electrons. The van der Waals surface area contributed by atoms with Crippen molar-refractivity contribution in [2.24, 2.45) is 10.4 Å². The molecule has 4 rings (SSSR count). The number of amidine groups is 1. The molecule has 2 heterocycles. The van der Waals surface area contributed by atoms with Gasteiger partial charge in [-0.2, -0.15) is 0 Å². The number of aliphatic imine (C=N–C) groups is 1. The minimum Gasteiger partial charge on any atom is -0.381 e. The van der Waals surface area contributed by atoms with Crippen LogP contribution in [0.25, 0.3) is 0 Å². The third-order valence-electron chi connectivity index (χ3n) is 5.69. The molecular formula is C23H29N3O. The van der Waals surface area contributed by atoms with Gasteiger partial charge in [0.1, 0.15) is 5.84 Å². The zero-order valence-corrected chi connectivity index (χ0v) is 16.4. The van der Waals surface area contributed by atoms with Gasteiger partial charge >= 0.3 is 0 Å². The fourth-order valence-corrected chi connectivity index (χ4v) is 4.17. The summed E-state index contributed by atoms with van der Waals surface area (Å²) in [6.07, 6.45) is 3.13. The SMILES string of the molecule is CN(C)Cc1ccc(CN=C2Nc3ccccc3CC23CCOCC3)cc1. The van der Waals surface area contributed by atoms with Gasteiger partial charge in [0.2, 0.25) is 0 Å². The normalized spacial score (nSPS) is 19.9. The van der Waals surface area contributed by atoms with Crippen molar-refractivity contribution in [3.05, 3.63) is 65.2 Å². The Labute approximate surface area is 162 Å². The summed E-state index contributed by atoms with van der Waals surface area (Å²) in [5.74, 6) is 1.14. The van der Waals surface area contributed by atoms with Gasteiger partial charge < -0.3 is 15.0 Å². The molecule has 2 aromatic rings. The Balaban J connectivity index is 1.56. The Hall–Kier alpha value is -2.17. The third kappa shape index (κ3) is 4.07. The van der Waals surface area contributed by atoms with Crippen LogP contribution in [0.2, 0.25) is 0 Å². The molecule has 4 nitrogen and oxygen atoms in total. The summed E-state index contributed by atoms with van der Waals surface area (Å²) in [4.78, 5) is 7.25. The lowest BCUT2D eigenvalue weighted by Crippen LogP contribution is -2.45. The van der Waals surface area contributed by atoms with Gasteiger partial charge in [-0.3, -0.25) is 4.99 Å². The first-order chi connectivity index (χ1) is 13.1. The number of fused-ring (bicyclic) bond motifs is 1. The van der Waals surface area contributed by atoms with Gasteiger partial charge in [0, 0.05) is 30.9 Å². The summed E-state index contributed by atoms with van der Waals surface area (Å²) >= 11 is 0. The van der Waals surface area contributed by atoms with E-state index in [4.69, 9.17) is 9.73 Å². The van der Waals surface area contributed by atoms with Crippen LogP contribution in [0.3, 0.4) is 0 Å². The van der Waals surface area contributed by atoms with E-state index in [0.717, 1.165) is 51.4 Å². The van der Waals surface area contributed by atoms with Crippen molar-refractivity contribution in [2.75, 3.05) is 32.6 Å². The zero-order valence-electron chi connectivity index (χ0n) is 16.4. The van der Waals surface area contributed by atoms with Crippen LogP contribution in [0.15, 0.2) is 53.5 Å². The molecule has 0 bridgehead atoms. The van der Waals surface area contributed by atoms with E-state index in [-0.39, 0.29) is 5.41 Å². The zero-order chi connectivity index (χ0) is 18.7. The van der Waals surface area contributed by atoms with Crippen LogP contribution in [0, 0.1) is 5.41 Å². The molecule has 1 fully saturated rings. The molecule has 4 heteroatoms. The Morgan fingerprint density at radius 2 is 1.70 bits per heavy atom. The van der Waals surface area contributed by atoms with Gasteiger partial charge in [0.25, 0.3) is 0 Å². The molecule has 0 aromatic heterocycles. The smallest absolute Gasteiger partial charge is 0.108 e. The minimum absolute atomic E-state index is 0.0947. The van der Waals surface area contributed by atoms with E-state index in [1.54, 1.807) is 0 Å². The van der Waals surface area contributed by atoms with E-state index in [2.05, 4.69) is 72.8 Å². The van der Waals surface area contributed by atoms with Gasteiger partial charge in [-0.25, -0.2) is 0 Å². The number of nitrogens with zero attached hydrogens (tertiary/aromatic N) is 2. The van der Waals surface area contributed by atoms with Crippen LogP contribution in [0.5, 0.6) is 0 Å². The monoisotopic (exact) mass is 363 g/mol. The molecule has 0 amide bonds. The van der Waals surface area contributed by atoms with Crippen molar-refractivity contribution in [1.82, 2.24) is 4.90 Å². The number of para-hydroxylation sites is 1. The average molecular weight is 364 g/mol. The van der Waals surface area contributed by atoms with E-state index < -0.39 is 0 Å². The fraction of sp³-hybridized carbons (Fsp3) is 0.435. The molecule has 2 aliphatic heterocycles. The van der Waals surface area contributed by atoms with Crippen LogP contribution in [-0.4, -0.2) is 38.0 Å². The van der Waals surface area contributed by atoms with Crippen molar-refractivity contribution in [1.29, 1.82) is 0 Å². The predicted molar refractivity (Wildman–Crippen MR) is 111 cm³/mol. The van der Waals surface area contributed by atoms with Crippen LogP contribution >= 0.6 is 0 Å². The summed E-state index contributed by atoms with van der Waals surface area (Å²) in [5, 5.41) is 3.65. The molecule has 0 radical (unpaired) electrons. The largest absolute Gasteiger partial charge is 0.381 e. The Morgan fingerprint density at radius 3 is 2.44 bits per heavy atom. The first kappa shape index (κ1) is 18.2. The van der Waals surface area contributed by atoms with Crippen molar-refractivity contribution < 1.29 is 4.74 Å². The second-order valence-electron chi connectivity index (χ2n) is 8.07. The Kier molecular flexibility index (Phi) is 5.28. The maximum atomic E-state index is 5.65. The van der Waals surface area contributed by atoms with Crippen LogP contribution < -0.4 is 5.32 Å². The summed E-state index contributed by atoms with van der Waals surface area (Å²) in [7, 11) is 4.19. The number of anilines is 1. The van der Waals surface area contributed by atoms with Crippen molar-refractivity contribution >= 4 is 11.5 Å². The Morgan fingerprint density at radius 1 is 1.00 bits per heavy atom. The number of hydrogen-bond acceptors (Lipinski definition) is 3. The molecule has 2 aromatic carbocycles. The number of hydrogen-bond donors (Lipinski definition) is 1. The van der Waals surface area contributed by atoms with Crippen LogP contribution in [0.4, 0.5) is 5.69 Å². The lowest BCUT2D eigenvalue weighted by atomic mass is 9.71. The first-order valence-electron chi connectivity index (χ1n) is 9.85. The quantitative estimate of drug-likeness (QED) is 0.888. The molecule has 1 spiro atoms. The Bertz CT molecular complexity index is 805. The number of benzene rings is 2. The first-order valence-corrected chi connectivity index (χ1v) is 9.85. The topological polar surface area (TPSA) is 36.9 Å². The molecule has 0 saturated carbocycles. The van der Waals surface area contributed by atoms with Gasteiger partial charge in [-0.05, 0) is 56.1 Å². The second-order valence-corrected chi connectivity index (χ2v) is 8.07. The lowest BCUT2D eigenvalue weighted by molar-refractivity contribution is 0.0448. The highest BCUT2D eigenvalue weighted by atomic mass is 16.5. The average Bonchev–Trinajstić information content (AvgIpc) is 2.68. The molecular weight excluding hydrogens is 334 g/mol. The van der Waals surface area contributed by atoms with E-state index in [0.29, 0.717) is 0 Å². The number of nitrogens with one attached hydrogen (secondary N) is 1. The highest BCUT2D eigenvalue weighted by Crippen LogP contribution is 2.41. The maximum Gasteiger partial charge on any atom is 0.108 e. The highest BCUT2D eigenvalue weighted by Gasteiger charge is 2.41. The van der Waals surface area contributed by atoms with E-state index in [1.807, 2.05) is 0 Å². The standard InChI is InChI=1S/C23H29N3O/c1-26(2)17-19-9-7-18(8-10-19)16-24-22-23(11-13-27-14-12-23)15-20-5-3-4-6-21(20)25-22/h3-10H,11-17H2,1-2H3,(H,24,25). The summed E-state index contributed by atoms with van der Waals surface area (Å²) in [6.45, 7) is 3.33. The summed E-state index contributed by atoms with van der Waals surface area (Å²) < 4.78 is 5.65. The van der Waals surface area contributed by atoms with Crippen LogP contribution in [0.1, 0.15) is 29.5 Å². The molecule has 0 unspecified atom stereocenters. The molecule has 27 heavy (non-hydrogen) atoms. The number of ether oxygens (including phenoxy) is 1. The van der Waals surface area contributed by atoms with E-state index in [9.17, 15) is 0 Å². The van der Waals surface area contributed by atoms with Crippen molar-refractivity contribution in [3.63, 3.8) is 0 Å². The van der Waals surface area contributed by atoms with Gasteiger partial charge in [-0.1, -0.05) is 42.5 Å². The minimum atomic E-state index is 0.0947.